The van der Waals surface area contributed by atoms with Crippen LogP contribution in [-0.2, 0) is 4.74 Å². The molecule has 4 nitrogen and oxygen atoms in total. The van der Waals surface area contributed by atoms with E-state index in [9.17, 15) is 0 Å². The quantitative estimate of drug-likeness (QED) is 0.718. The second-order valence-corrected chi connectivity index (χ2v) is 5.27. The van der Waals surface area contributed by atoms with E-state index in [0.717, 1.165) is 43.1 Å². The summed E-state index contributed by atoms with van der Waals surface area (Å²) in [6.07, 6.45) is 2.10. The van der Waals surface area contributed by atoms with Gasteiger partial charge in [0.05, 0.1) is 14.2 Å². The van der Waals surface area contributed by atoms with Crippen LogP contribution in [0.4, 0.5) is 0 Å². The molecule has 1 N–H and O–H groups in total. The smallest absolute Gasteiger partial charge is 0.165 e. The Morgan fingerprint density at radius 2 is 1.90 bits per heavy atom. The molecule has 0 spiro atoms. The fourth-order valence-corrected chi connectivity index (χ4v) is 2.54. The molecule has 0 heterocycles. The molecule has 0 aromatic heterocycles. The lowest BCUT2D eigenvalue weighted by Crippen LogP contribution is -2.29. The van der Waals surface area contributed by atoms with Crippen molar-refractivity contribution in [3.63, 3.8) is 0 Å². The molecule has 0 radical (unpaired) electrons. The number of hydrogen-bond donors (Lipinski definition) is 1. The first-order chi connectivity index (χ1) is 10.2. The molecule has 0 aliphatic rings. The lowest BCUT2D eigenvalue weighted by Gasteiger charge is -2.27. The predicted molar refractivity (Wildman–Crippen MR) is 86.2 cm³/mol. The van der Waals surface area contributed by atoms with Crippen LogP contribution >= 0.6 is 0 Å². The van der Waals surface area contributed by atoms with Crippen molar-refractivity contribution >= 4 is 0 Å². The molecule has 0 bridgehead atoms. The van der Waals surface area contributed by atoms with Crippen molar-refractivity contribution in [1.82, 2.24) is 5.32 Å². The van der Waals surface area contributed by atoms with Crippen molar-refractivity contribution in [3.8, 4) is 11.5 Å². The van der Waals surface area contributed by atoms with E-state index in [4.69, 9.17) is 14.2 Å². The molecular formula is C17H29NO3. The highest BCUT2D eigenvalue weighted by atomic mass is 16.5. The lowest BCUT2D eigenvalue weighted by atomic mass is 9.91. The Kier molecular flexibility index (Phi) is 8.16. The summed E-state index contributed by atoms with van der Waals surface area (Å²) in [4.78, 5) is 0. The maximum Gasteiger partial charge on any atom is 0.165 e. The second kappa shape index (κ2) is 9.64. The molecule has 0 saturated heterocycles. The third-order valence-electron chi connectivity index (χ3n) is 3.73. The molecule has 0 saturated carbocycles. The average molecular weight is 295 g/mol. The van der Waals surface area contributed by atoms with E-state index < -0.39 is 0 Å². The van der Waals surface area contributed by atoms with Crippen LogP contribution in [0.15, 0.2) is 18.2 Å². The lowest BCUT2D eigenvalue weighted by molar-refractivity contribution is 0.169. The number of hydrogen-bond acceptors (Lipinski definition) is 4. The third-order valence-corrected chi connectivity index (χ3v) is 3.73. The van der Waals surface area contributed by atoms with Crippen LogP contribution in [0.2, 0.25) is 0 Å². The van der Waals surface area contributed by atoms with Gasteiger partial charge in [0.25, 0.3) is 0 Å². The van der Waals surface area contributed by atoms with Gasteiger partial charge >= 0.3 is 0 Å². The topological polar surface area (TPSA) is 39.7 Å². The molecule has 120 valence electrons. The van der Waals surface area contributed by atoms with Gasteiger partial charge in [0, 0.05) is 25.3 Å². The maximum absolute atomic E-state index is 5.59. The first-order valence-electron chi connectivity index (χ1n) is 7.62. The summed E-state index contributed by atoms with van der Waals surface area (Å²) in [7, 11) is 5.11. The van der Waals surface area contributed by atoms with E-state index in [2.05, 4.69) is 25.2 Å². The minimum atomic E-state index is 0.227. The summed E-state index contributed by atoms with van der Waals surface area (Å²) in [6, 6.07) is 6.28. The van der Waals surface area contributed by atoms with Crippen molar-refractivity contribution in [2.24, 2.45) is 5.92 Å². The van der Waals surface area contributed by atoms with Crippen LogP contribution in [-0.4, -0.2) is 34.5 Å². The zero-order chi connectivity index (χ0) is 15.7. The van der Waals surface area contributed by atoms with Gasteiger partial charge in [-0.25, -0.2) is 0 Å². The van der Waals surface area contributed by atoms with Gasteiger partial charge in [-0.1, -0.05) is 26.0 Å². The first-order valence-corrected chi connectivity index (χ1v) is 7.62. The summed E-state index contributed by atoms with van der Waals surface area (Å²) in [5.74, 6) is 2.03. The van der Waals surface area contributed by atoms with Crippen molar-refractivity contribution in [2.45, 2.75) is 32.7 Å². The Balaban J connectivity index is 3.06. The van der Waals surface area contributed by atoms with Gasteiger partial charge in [-0.05, 0) is 31.4 Å². The zero-order valence-electron chi connectivity index (χ0n) is 13.9. The molecule has 0 aliphatic heterocycles. The minimum absolute atomic E-state index is 0.227. The third kappa shape index (κ3) is 4.90. The number of ether oxygens (including phenoxy) is 3. The van der Waals surface area contributed by atoms with Crippen molar-refractivity contribution in [2.75, 3.05) is 34.5 Å². The van der Waals surface area contributed by atoms with Gasteiger partial charge in [0.15, 0.2) is 11.5 Å². The van der Waals surface area contributed by atoms with Crippen LogP contribution in [0.25, 0.3) is 0 Å². The van der Waals surface area contributed by atoms with Gasteiger partial charge in [-0.15, -0.1) is 0 Å². The molecule has 0 amide bonds. The van der Waals surface area contributed by atoms with Gasteiger partial charge in [0.2, 0.25) is 0 Å². The number of para-hydroxylation sites is 1. The summed E-state index contributed by atoms with van der Waals surface area (Å²) in [5.41, 5.74) is 1.15. The monoisotopic (exact) mass is 295 g/mol. The molecule has 2 atom stereocenters. The number of methoxy groups -OCH3 is 3. The molecule has 1 rings (SSSR count). The minimum Gasteiger partial charge on any atom is -0.493 e. The first kappa shape index (κ1) is 17.8. The van der Waals surface area contributed by atoms with Gasteiger partial charge in [-0.2, -0.15) is 0 Å². The van der Waals surface area contributed by atoms with E-state index in [0.29, 0.717) is 5.92 Å². The highest BCUT2D eigenvalue weighted by Crippen LogP contribution is 2.38. The van der Waals surface area contributed by atoms with Crippen LogP contribution < -0.4 is 14.8 Å². The second-order valence-electron chi connectivity index (χ2n) is 5.27. The fraction of sp³-hybridized carbons (Fsp3) is 0.647. The summed E-state index contributed by atoms with van der Waals surface area (Å²) >= 11 is 0. The van der Waals surface area contributed by atoms with Crippen LogP contribution in [0.1, 0.15) is 38.3 Å². The van der Waals surface area contributed by atoms with Crippen LogP contribution in [0.5, 0.6) is 11.5 Å². The largest absolute Gasteiger partial charge is 0.493 e. The van der Waals surface area contributed by atoms with Gasteiger partial charge in [-0.3, -0.25) is 0 Å². The van der Waals surface area contributed by atoms with E-state index >= 15 is 0 Å². The Hall–Kier alpha value is -1.26. The Morgan fingerprint density at radius 1 is 1.14 bits per heavy atom. The van der Waals surface area contributed by atoms with Gasteiger partial charge < -0.3 is 19.5 Å². The van der Waals surface area contributed by atoms with Crippen molar-refractivity contribution in [1.29, 1.82) is 0 Å². The average Bonchev–Trinajstić information content (AvgIpc) is 2.52. The molecule has 2 unspecified atom stereocenters. The molecule has 1 aromatic carbocycles. The highest BCUT2D eigenvalue weighted by Gasteiger charge is 2.23. The van der Waals surface area contributed by atoms with Crippen LogP contribution in [0.3, 0.4) is 0 Å². The Labute approximate surface area is 128 Å². The summed E-state index contributed by atoms with van der Waals surface area (Å²) in [5, 5.41) is 3.63. The van der Waals surface area contributed by atoms with E-state index in [1.807, 2.05) is 12.1 Å². The molecule has 21 heavy (non-hydrogen) atoms. The molecule has 1 aromatic rings. The summed E-state index contributed by atoms with van der Waals surface area (Å²) < 4.78 is 16.2. The summed E-state index contributed by atoms with van der Waals surface area (Å²) in [6.45, 7) is 6.15. The van der Waals surface area contributed by atoms with E-state index in [1.165, 1.54) is 0 Å². The van der Waals surface area contributed by atoms with Crippen LogP contribution in [0, 0.1) is 5.92 Å². The predicted octanol–water partition coefficient (Wildman–Crippen LogP) is 3.42. The van der Waals surface area contributed by atoms with Gasteiger partial charge in [0.1, 0.15) is 0 Å². The normalized spacial score (nSPS) is 13.8. The Morgan fingerprint density at radius 3 is 2.48 bits per heavy atom. The zero-order valence-corrected chi connectivity index (χ0v) is 13.9. The highest BCUT2D eigenvalue weighted by molar-refractivity contribution is 5.48. The van der Waals surface area contributed by atoms with E-state index in [1.54, 1.807) is 21.3 Å². The molecule has 0 fully saturated rings. The van der Waals surface area contributed by atoms with Crippen molar-refractivity contribution < 1.29 is 14.2 Å². The fourth-order valence-electron chi connectivity index (χ4n) is 2.54. The molecular weight excluding hydrogens is 266 g/mol. The number of nitrogens with one attached hydrogen (secondary N) is 1. The Bertz CT molecular complexity index is 409. The molecule has 4 heteroatoms. The van der Waals surface area contributed by atoms with E-state index in [-0.39, 0.29) is 6.04 Å². The SMILES string of the molecule is CCCNC(c1cccc(OC)c1OC)C(C)CCOC. The number of rotatable bonds is 10. The molecule has 0 aliphatic carbocycles. The number of benzene rings is 1. The maximum atomic E-state index is 5.59. The standard InChI is InChI=1S/C17H29NO3/c1-6-11-18-16(13(2)10-12-19-3)14-8-7-9-15(20-4)17(14)21-5/h7-9,13,16,18H,6,10-12H2,1-5H3. The van der Waals surface area contributed by atoms with Crippen molar-refractivity contribution in [3.05, 3.63) is 23.8 Å².